The summed E-state index contributed by atoms with van der Waals surface area (Å²) in [6, 6.07) is 9.57. The number of hydrogen-bond donors (Lipinski definition) is 3. The van der Waals surface area contributed by atoms with Crippen LogP contribution in [-0.4, -0.2) is 54.1 Å². The van der Waals surface area contributed by atoms with Gasteiger partial charge in [-0.15, -0.1) is 0 Å². The van der Waals surface area contributed by atoms with Crippen LogP contribution in [0.15, 0.2) is 35.2 Å². The molecule has 2 aliphatic rings. The summed E-state index contributed by atoms with van der Waals surface area (Å²) in [6.45, 7) is 9.28. The first-order valence-corrected chi connectivity index (χ1v) is 13.1. The molecule has 2 saturated heterocycles. The second kappa shape index (κ2) is 10.8. The first-order valence-electron chi connectivity index (χ1n) is 11.7. The van der Waals surface area contributed by atoms with Gasteiger partial charge >= 0.3 is 0 Å². The molecule has 2 heterocycles. The third kappa shape index (κ3) is 6.01. The van der Waals surface area contributed by atoms with E-state index >= 15 is 0 Å². The van der Waals surface area contributed by atoms with Crippen LogP contribution in [0, 0.1) is 39.0 Å². The molecule has 0 radical (unpaired) electrons. The molecule has 0 aliphatic carbocycles. The third-order valence-corrected chi connectivity index (χ3v) is 7.84. The molecule has 2 fully saturated rings. The lowest BCUT2D eigenvalue weighted by Crippen LogP contribution is -2.45. The SMILES string of the molecule is Cc1cc(O)c(C)c(C)c1[C@@H]1CN[C@H](C(=O)N2CCC[C@H]2C#N)C1.Cc1ccc(S(=O)(=O)O)cc1. The highest BCUT2D eigenvalue weighted by Crippen LogP contribution is 2.36. The zero-order valence-corrected chi connectivity index (χ0v) is 21.4. The number of hydrogen-bond acceptors (Lipinski definition) is 6. The first kappa shape index (κ1) is 26.7. The molecule has 2 aliphatic heterocycles. The maximum atomic E-state index is 12.8. The Bertz CT molecular complexity index is 1240. The van der Waals surface area contributed by atoms with E-state index in [2.05, 4.69) is 11.4 Å². The van der Waals surface area contributed by atoms with Gasteiger partial charge in [-0.3, -0.25) is 9.35 Å². The van der Waals surface area contributed by atoms with Crippen molar-refractivity contribution < 1.29 is 22.9 Å². The number of aromatic hydroxyl groups is 1. The number of carbonyl (C=O) groups excluding carboxylic acids is 1. The number of amides is 1. The number of nitrogens with one attached hydrogen (secondary N) is 1. The molecule has 0 bridgehead atoms. The molecule has 0 saturated carbocycles. The summed E-state index contributed by atoms with van der Waals surface area (Å²) in [5, 5.41) is 22.5. The number of nitrogens with zero attached hydrogens (tertiary/aromatic N) is 2. The fourth-order valence-corrected chi connectivity index (χ4v) is 5.41. The van der Waals surface area contributed by atoms with Crippen LogP contribution in [-0.2, 0) is 14.9 Å². The minimum atomic E-state index is -4.02. The number of phenolic OH excluding ortho intramolecular Hbond substituents is 1. The lowest BCUT2D eigenvalue weighted by molar-refractivity contribution is -0.133. The molecular formula is C26H33N3O5S. The van der Waals surface area contributed by atoms with Gasteiger partial charge in [0, 0.05) is 13.1 Å². The summed E-state index contributed by atoms with van der Waals surface area (Å²) < 4.78 is 29.6. The zero-order chi connectivity index (χ0) is 25.9. The van der Waals surface area contributed by atoms with Crippen molar-refractivity contribution in [2.75, 3.05) is 13.1 Å². The number of carbonyl (C=O) groups is 1. The normalized spacial score (nSPS) is 21.8. The van der Waals surface area contributed by atoms with Crippen molar-refractivity contribution in [3.8, 4) is 11.8 Å². The zero-order valence-electron chi connectivity index (χ0n) is 20.6. The Hall–Kier alpha value is -2.93. The maximum Gasteiger partial charge on any atom is 0.294 e. The Morgan fingerprint density at radius 3 is 2.40 bits per heavy atom. The number of benzene rings is 2. The van der Waals surface area contributed by atoms with Gasteiger partial charge in [-0.1, -0.05) is 17.7 Å². The Morgan fingerprint density at radius 2 is 1.80 bits per heavy atom. The number of phenols is 1. The molecule has 2 aromatic carbocycles. The van der Waals surface area contributed by atoms with Crippen LogP contribution in [0.5, 0.6) is 5.75 Å². The van der Waals surface area contributed by atoms with Crippen LogP contribution in [0.2, 0.25) is 0 Å². The van der Waals surface area contributed by atoms with Crippen molar-refractivity contribution in [2.45, 2.75) is 69.9 Å². The number of aryl methyl sites for hydroxylation is 2. The van der Waals surface area contributed by atoms with Crippen molar-refractivity contribution >= 4 is 16.0 Å². The van der Waals surface area contributed by atoms with Gasteiger partial charge in [-0.25, -0.2) is 0 Å². The quantitative estimate of drug-likeness (QED) is 0.551. The summed E-state index contributed by atoms with van der Waals surface area (Å²) in [6.07, 6.45) is 2.45. The molecule has 4 rings (SSSR count). The minimum absolute atomic E-state index is 0.0624. The molecule has 3 N–H and O–H groups in total. The average molecular weight is 500 g/mol. The van der Waals surface area contributed by atoms with E-state index < -0.39 is 10.1 Å². The van der Waals surface area contributed by atoms with Gasteiger partial charge in [0.2, 0.25) is 5.91 Å². The van der Waals surface area contributed by atoms with E-state index in [0.717, 1.165) is 48.1 Å². The van der Waals surface area contributed by atoms with Crippen molar-refractivity contribution in [3.05, 3.63) is 58.1 Å². The van der Waals surface area contributed by atoms with E-state index in [0.29, 0.717) is 12.3 Å². The minimum Gasteiger partial charge on any atom is -0.508 e. The molecule has 2 aromatic rings. The largest absolute Gasteiger partial charge is 0.508 e. The second-order valence-electron chi connectivity index (χ2n) is 9.38. The Labute approximate surface area is 207 Å². The molecule has 0 spiro atoms. The standard InChI is InChI=1S/C19H25N3O2.C7H8O3S/c1-11-7-17(23)12(2)13(3)18(11)14-8-16(21-10-14)19(24)22-6-4-5-15(22)9-20;1-6-2-4-7(5-3-6)11(8,9)10/h7,14-16,21,23H,4-6,8,10H2,1-3H3;2-5H,1H3,(H,8,9,10)/t14-,15-,16-;/m0./s1. The van der Waals surface area contributed by atoms with Gasteiger partial charge in [0.1, 0.15) is 11.8 Å². The predicted octanol–water partition coefficient (Wildman–Crippen LogP) is 3.52. The number of rotatable bonds is 3. The molecule has 8 nitrogen and oxygen atoms in total. The van der Waals surface area contributed by atoms with Crippen LogP contribution < -0.4 is 5.32 Å². The molecule has 1 amide bonds. The summed E-state index contributed by atoms with van der Waals surface area (Å²) >= 11 is 0. The van der Waals surface area contributed by atoms with Gasteiger partial charge in [0.15, 0.2) is 0 Å². The van der Waals surface area contributed by atoms with E-state index in [-0.39, 0.29) is 28.8 Å². The van der Waals surface area contributed by atoms with E-state index in [1.165, 1.54) is 17.7 Å². The Morgan fingerprint density at radius 1 is 1.14 bits per heavy atom. The molecule has 0 unspecified atom stereocenters. The smallest absolute Gasteiger partial charge is 0.294 e. The Balaban J connectivity index is 0.000000261. The lowest BCUT2D eigenvalue weighted by atomic mass is 9.86. The topological polar surface area (TPSA) is 131 Å². The van der Waals surface area contributed by atoms with Crippen LogP contribution in [0.1, 0.15) is 53.0 Å². The molecule has 0 aromatic heterocycles. The predicted molar refractivity (Wildman–Crippen MR) is 133 cm³/mol. The van der Waals surface area contributed by atoms with Crippen molar-refractivity contribution in [1.29, 1.82) is 5.26 Å². The highest BCUT2D eigenvalue weighted by atomic mass is 32.2. The fourth-order valence-electron chi connectivity index (χ4n) is 4.93. The number of nitriles is 1. The van der Waals surface area contributed by atoms with Crippen molar-refractivity contribution in [1.82, 2.24) is 10.2 Å². The average Bonchev–Trinajstić information content (AvgIpc) is 3.47. The molecule has 35 heavy (non-hydrogen) atoms. The monoisotopic (exact) mass is 499 g/mol. The molecule has 9 heteroatoms. The Kier molecular flexibility index (Phi) is 8.21. The van der Waals surface area contributed by atoms with Gasteiger partial charge in [0.05, 0.1) is 17.0 Å². The molecular weight excluding hydrogens is 466 g/mol. The highest BCUT2D eigenvalue weighted by Gasteiger charge is 2.38. The van der Waals surface area contributed by atoms with Gasteiger partial charge in [-0.05, 0) is 93.3 Å². The fraction of sp³-hybridized carbons (Fsp3) is 0.462. The van der Waals surface area contributed by atoms with Crippen molar-refractivity contribution in [3.63, 3.8) is 0 Å². The van der Waals surface area contributed by atoms with E-state index in [1.807, 2.05) is 33.8 Å². The van der Waals surface area contributed by atoms with Gasteiger partial charge in [-0.2, -0.15) is 13.7 Å². The van der Waals surface area contributed by atoms with E-state index in [9.17, 15) is 23.6 Å². The van der Waals surface area contributed by atoms with E-state index in [1.54, 1.807) is 17.0 Å². The maximum absolute atomic E-state index is 12.8. The summed E-state index contributed by atoms with van der Waals surface area (Å²) in [4.78, 5) is 14.4. The third-order valence-electron chi connectivity index (χ3n) is 6.97. The van der Waals surface area contributed by atoms with Crippen LogP contribution in [0.4, 0.5) is 0 Å². The first-order chi connectivity index (χ1) is 16.4. The second-order valence-corrected chi connectivity index (χ2v) is 10.8. The lowest BCUT2D eigenvalue weighted by Gasteiger charge is -2.23. The summed E-state index contributed by atoms with van der Waals surface area (Å²) in [5.74, 6) is 0.662. The van der Waals surface area contributed by atoms with Crippen LogP contribution in [0.25, 0.3) is 0 Å². The summed E-state index contributed by atoms with van der Waals surface area (Å²) in [5.41, 5.74) is 5.30. The molecule has 3 atom stereocenters. The van der Waals surface area contributed by atoms with E-state index in [4.69, 9.17) is 4.55 Å². The van der Waals surface area contributed by atoms with Gasteiger partial charge < -0.3 is 15.3 Å². The van der Waals surface area contributed by atoms with Gasteiger partial charge in [0.25, 0.3) is 10.1 Å². The highest BCUT2D eigenvalue weighted by molar-refractivity contribution is 7.85. The van der Waals surface area contributed by atoms with Crippen LogP contribution >= 0.6 is 0 Å². The van der Waals surface area contributed by atoms with Crippen molar-refractivity contribution in [2.24, 2.45) is 0 Å². The number of likely N-dealkylation sites (tertiary alicyclic amines) is 1. The van der Waals surface area contributed by atoms with Crippen LogP contribution in [0.3, 0.4) is 0 Å². The molecule has 188 valence electrons. The summed E-state index contributed by atoms with van der Waals surface area (Å²) in [7, 11) is -4.02.